The summed E-state index contributed by atoms with van der Waals surface area (Å²) in [6.07, 6.45) is 3.21. The molecule has 1 aromatic rings. The van der Waals surface area contributed by atoms with E-state index in [0.717, 1.165) is 19.3 Å². The highest BCUT2D eigenvalue weighted by molar-refractivity contribution is 6.22. The van der Waals surface area contributed by atoms with E-state index in [2.05, 4.69) is 5.32 Å². The number of imide groups is 1. The zero-order chi connectivity index (χ0) is 15.4. The molecule has 1 N–H and O–H groups in total. The maximum Gasteiger partial charge on any atom is 0.237 e. The van der Waals surface area contributed by atoms with Crippen molar-refractivity contribution in [2.24, 2.45) is 23.7 Å². The van der Waals surface area contributed by atoms with Gasteiger partial charge in [-0.15, -0.1) is 0 Å². The van der Waals surface area contributed by atoms with Crippen molar-refractivity contribution >= 4 is 29.1 Å². The molecule has 2 bridgehead atoms. The first-order valence-corrected chi connectivity index (χ1v) is 7.81. The lowest BCUT2D eigenvalue weighted by Gasteiger charge is -2.19. The molecule has 22 heavy (non-hydrogen) atoms. The fraction of sp³-hybridized carbons (Fsp3) is 0.471. The summed E-state index contributed by atoms with van der Waals surface area (Å²) in [5, 5.41) is 2.68. The Morgan fingerprint density at radius 2 is 1.59 bits per heavy atom. The quantitative estimate of drug-likeness (QED) is 0.851. The number of anilines is 2. The smallest absolute Gasteiger partial charge is 0.237 e. The van der Waals surface area contributed by atoms with Gasteiger partial charge in [-0.05, 0) is 55.4 Å². The molecule has 5 nitrogen and oxygen atoms in total. The lowest BCUT2D eigenvalue weighted by molar-refractivity contribution is -0.123. The fourth-order valence-electron chi connectivity index (χ4n) is 4.56. The maximum absolute atomic E-state index is 12.7. The van der Waals surface area contributed by atoms with Crippen LogP contribution in [0.15, 0.2) is 24.3 Å². The number of amides is 3. The Morgan fingerprint density at radius 1 is 1.05 bits per heavy atom. The number of carbonyl (C=O) groups is 3. The van der Waals surface area contributed by atoms with Crippen LogP contribution in [0.3, 0.4) is 0 Å². The molecule has 1 aromatic carbocycles. The van der Waals surface area contributed by atoms with E-state index in [1.807, 2.05) is 0 Å². The van der Waals surface area contributed by atoms with Gasteiger partial charge in [0.2, 0.25) is 17.7 Å². The molecule has 0 unspecified atom stereocenters. The van der Waals surface area contributed by atoms with Crippen LogP contribution in [0.1, 0.15) is 26.2 Å². The first kappa shape index (κ1) is 13.5. The van der Waals surface area contributed by atoms with Crippen LogP contribution in [0.2, 0.25) is 0 Å². The van der Waals surface area contributed by atoms with Gasteiger partial charge in [-0.3, -0.25) is 19.3 Å². The summed E-state index contributed by atoms with van der Waals surface area (Å²) in [5.41, 5.74) is 1.27. The fourth-order valence-corrected chi connectivity index (χ4v) is 4.56. The SMILES string of the molecule is CC(=O)Nc1ccc(N2C(=O)[C@@H]3[C@@H]4CC[C@@H](C4)[C@@H]3C2=O)cc1. The van der Waals surface area contributed by atoms with E-state index in [4.69, 9.17) is 0 Å². The summed E-state index contributed by atoms with van der Waals surface area (Å²) < 4.78 is 0. The molecule has 5 heteroatoms. The second kappa shape index (κ2) is 4.66. The number of nitrogens with zero attached hydrogens (tertiary/aromatic N) is 1. The number of fused-ring (bicyclic) bond motifs is 5. The third-order valence-corrected chi connectivity index (χ3v) is 5.37. The average molecular weight is 298 g/mol. The predicted octanol–water partition coefficient (Wildman–Crippen LogP) is 2.18. The largest absolute Gasteiger partial charge is 0.326 e. The highest BCUT2D eigenvalue weighted by atomic mass is 16.2. The van der Waals surface area contributed by atoms with Crippen LogP contribution in [0, 0.1) is 23.7 Å². The van der Waals surface area contributed by atoms with Crippen molar-refractivity contribution in [3.63, 3.8) is 0 Å². The first-order valence-electron chi connectivity index (χ1n) is 7.81. The van der Waals surface area contributed by atoms with Gasteiger partial charge in [0, 0.05) is 12.6 Å². The molecule has 3 amide bonds. The molecule has 0 aromatic heterocycles. The molecule has 4 rings (SSSR count). The van der Waals surface area contributed by atoms with Crippen molar-refractivity contribution in [1.82, 2.24) is 0 Å². The molecule has 3 fully saturated rings. The van der Waals surface area contributed by atoms with Crippen molar-refractivity contribution in [3.8, 4) is 0 Å². The molecule has 1 aliphatic heterocycles. The molecule has 2 aliphatic carbocycles. The van der Waals surface area contributed by atoms with Crippen molar-refractivity contribution in [2.45, 2.75) is 26.2 Å². The zero-order valence-electron chi connectivity index (χ0n) is 12.4. The van der Waals surface area contributed by atoms with E-state index >= 15 is 0 Å². The van der Waals surface area contributed by atoms with E-state index in [0.29, 0.717) is 23.2 Å². The molecule has 4 atom stereocenters. The topological polar surface area (TPSA) is 66.5 Å². The molecular weight excluding hydrogens is 280 g/mol. The molecule has 1 saturated heterocycles. The van der Waals surface area contributed by atoms with Gasteiger partial charge in [-0.2, -0.15) is 0 Å². The lowest BCUT2D eigenvalue weighted by Crippen LogP contribution is -2.32. The summed E-state index contributed by atoms with van der Waals surface area (Å²) in [4.78, 5) is 37.8. The van der Waals surface area contributed by atoms with Crippen LogP contribution < -0.4 is 10.2 Å². The normalized spacial score (nSPS) is 32.5. The van der Waals surface area contributed by atoms with Crippen LogP contribution >= 0.6 is 0 Å². The minimum Gasteiger partial charge on any atom is -0.326 e. The lowest BCUT2D eigenvalue weighted by atomic mass is 9.81. The summed E-state index contributed by atoms with van der Waals surface area (Å²) in [6.45, 7) is 1.44. The van der Waals surface area contributed by atoms with Gasteiger partial charge < -0.3 is 5.32 Å². The Kier molecular flexibility index (Phi) is 2.86. The van der Waals surface area contributed by atoms with E-state index < -0.39 is 0 Å². The monoisotopic (exact) mass is 298 g/mol. The summed E-state index contributed by atoms with van der Waals surface area (Å²) in [7, 11) is 0. The van der Waals surface area contributed by atoms with E-state index in [1.165, 1.54) is 11.8 Å². The molecular formula is C17H18N2O3. The molecule has 0 spiro atoms. The van der Waals surface area contributed by atoms with Crippen LogP contribution in [0.4, 0.5) is 11.4 Å². The van der Waals surface area contributed by atoms with Gasteiger partial charge in [0.05, 0.1) is 17.5 Å². The Hall–Kier alpha value is -2.17. The van der Waals surface area contributed by atoms with E-state index in [9.17, 15) is 14.4 Å². The third-order valence-electron chi connectivity index (χ3n) is 5.37. The number of nitrogens with one attached hydrogen (secondary N) is 1. The van der Waals surface area contributed by atoms with Crippen molar-refractivity contribution in [1.29, 1.82) is 0 Å². The van der Waals surface area contributed by atoms with E-state index in [1.54, 1.807) is 24.3 Å². The number of rotatable bonds is 2. The minimum absolute atomic E-state index is 0.0329. The molecule has 114 valence electrons. The van der Waals surface area contributed by atoms with Crippen molar-refractivity contribution in [3.05, 3.63) is 24.3 Å². The first-order chi connectivity index (χ1) is 10.6. The van der Waals surface area contributed by atoms with Crippen molar-refractivity contribution < 1.29 is 14.4 Å². The standard InChI is InChI=1S/C17H18N2O3/c1-9(20)18-12-4-6-13(7-5-12)19-16(21)14-10-2-3-11(8-10)15(14)17(19)22/h4-7,10-11,14-15H,2-3,8H2,1H3,(H,18,20)/t10-,11+,14-,15+. The van der Waals surface area contributed by atoms with Crippen molar-refractivity contribution in [2.75, 3.05) is 10.2 Å². The highest BCUT2D eigenvalue weighted by Gasteiger charge is 2.61. The van der Waals surface area contributed by atoms with Gasteiger partial charge in [0.25, 0.3) is 0 Å². The van der Waals surface area contributed by atoms with Crippen LogP contribution in [-0.2, 0) is 14.4 Å². The van der Waals surface area contributed by atoms with Gasteiger partial charge in [-0.25, -0.2) is 0 Å². The number of benzene rings is 1. The highest BCUT2D eigenvalue weighted by Crippen LogP contribution is 2.56. The third kappa shape index (κ3) is 1.81. The number of carbonyl (C=O) groups excluding carboxylic acids is 3. The Morgan fingerprint density at radius 3 is 2.09 bits per heavy atom. The molecule has 0 radical (unpaired) electrons. The molecule has 2 saturated carbocycles. The van der Waals surface area contributed by atoms with Crippen LogP contribution in [0.5, 0.6) is 0 Å². The van der Waals surface area contributed by atoms with Crippen LogP contribution in [-0.4, -0.2) is 17.7 Å². The van der Waals surface area contributed by atoms with Gasteiger partial charge in [-0.1, -0.05) is 0 Å². The van der Waals surface area contributed by atoms with Gasteiger partial charge in [0.15, 0.2) is 0 Å². The predicted molar refractivity (Wildman–Crippen MR) is 81.0 cm³/mol. The zero-order valence-corrected chi connectivity index (χ0v) is 12.4. The Bertz CT molecular complexity index is 639. The second-order valence-corrected chi connectivity index (χ2v) is 6.62. The summed E-state index contributed by atoms with van der Waals surface area (Å²) >= 11 is 0. The Labute approximate surface area is 128 Å². The van der Waals surface area contributed by atoms with Gasteiger partial charge >= 0.3 is 0 Å². The van der Waals surface area contributed by atoms with E-state index in [-0.39, 0.29) is 29.6 Å². The average Bonchev–Trinajstić information content (AvgIpc) is 3.14. The van der Waals surface area contributed by atoms with Gasteiger partial charge in [0.1, 0.15) is 0 Å². The number of hydrogen-bond acceptors (Lipinski definition) is 3. The summed E-state index contributed by atoms with van der Waals surface area (Å²) in [5.74, 6) is 0.392. The molecule has 1 heterocycles. The maximum atomic E-state index is 12.7. The molecule has 3 aliphatic rings. The number of hydrogen-bond donors (Lipinski definition) is 1. The van der Waals surface area contributed by atoms with Crippen LogP contribution in [0.25, 0.3) is 0 Å². The second-order valence-electron chi connectivity index (χ2n) is 6.62. The summed E-state index contributed by atoms with van der Waals surface area (Å²) in [6, 6.07) is 6.90. The minimum atomic E-state index is -0.146. The Balaban J connectivity index is 1.62.